The van der Waals surface area contributed by atoms with Gasteiger partial charge in [0.15, 0.2) is 0 Å². The number of nitrogens with one attached hydrogen (secondary N) is 1. The van der Waals surface area contributed by atoms with Crippen molar-refractivity contribution in [2.45, 2.75) is 38.1 Å². The van der Waals surface area contributed by atoms with Crippen molar-refractivity contribution in [3.63, 3.8) is 0 Å². The molecule has 1 aromatic heterocycles. The first kappa shape index (κ1) is 14.0. The molecule has 0 spiro atoms. The second kappa shape index (κ2) is 6.64. The number of aromatic nitrogens is 1. The zero-order valence-electron chi connectivity index (χ0n) is 12.0. The van der Waals surface area contributed by atoms with Crippen LogP contribution in [-0.4, -0.2) is 36.1 Å². The molecule has 110 valence electrons. The minimum Gasteiger partial charge on any atom is -0.314 e. The van der Waals surface area contributed by atoms with E-state index < -0.39 is 0 Å². The van der Waals surface area contributed by atoms with Gasteiger partial charge >= 0.3 is 0 Å². The molecule has 1 saturated carbocycles. The summed E-state index contributed by atoms with van der Waals surface area (Å²) in [6.07, 6.45) is 7.91. The third-order valence-corrected chi connectivity index (χ3v) is 4.75. The van der Waals surface area contributed by atoms with Crippen LogP contribution in [0, 0.1) is 11.9 Å². The Labute approximate surface area is 120 Å². The first-order valence-electron chi connectivity index (χ1n) is 7.91. The summed E-state index contributed by atoms with van der Waals surface area (Å²) in [4.78, 5) is 6.35. The van der Waals surface area contributed by atoms with Crippen molar-refractivity contribution in [3.8, 4) is 0 Å². The van der Waals surface area contributed by atoms with E-state index in [1.807, 2.05) is 12.1 Å². The van der Waals surface area contributed by atoms with Gasteiger partial charge in [0.2, 0.25) is 5.95 Å². The Kier molecular flexibility index (Phi) is 4.63. The van der Waals surface area contributed by atoms with E-state index in [4.69, 9.17) is 0 Å². The van der Waals surface area contributed by atoms with Gasteiger partial charge in [-0.1, -0.05) is 25.3 Å². The summed E-state index contributed by atoms with van der Waals surface area (Å²) in [6.45, 7) is 4.03. The molecular weight excluding hydrogens is 253 g/mol. The minimum atomic E-state index is -0.276. The average molecular weight is 277 g/mol. The first-order valence-corrected chi connectivity index (χ1v) is 7.91. The highest BCUT2D eigenvalue weighted by Gasteiger charge is 2.32. The number of halogens is 1. The molecule has 0 amide bonds. The quantitative estimate of drug-likeness (QED) is 0.861. The normalized spacial score (nSPS) is 23.6. The second-order valence-corrected chi connectivity index (χ2v) is 6.01. The number of piperazine rings is 1. The maximum atomic E-state index is 14.2. The van der Waals surface area contributed by atoms with Gasteiger partial charge in [-0.2, -0.15) is 4.39 Å². The molecule has 3 rings (SSSR count). The van der Waals surface area contributed by atoms with Crippen LogP contribution in [0.25, 0.3) is 0 Å². The molecule has 2 heterocycles. The molecule has 1 aliphatic carbocycles. The molecule has 0 radical (unpaired) electrons. The standard InChI is InChI=1S/C16H24FN3/c17-16-14(7-4-8-19-16)15(13-5-2-1-3-6-13)20-11-9-18-10-12-20/h4,7-8,13,15,18H,1-3,5-6,9-12H2/t15-/m1/s1. The highest BCUT2D eigenvalue weighted by Crippen LogP contribution is 2.38. The average Bonchev–Trinajstić information content (AvgIpc) is 2.52. The third-order valence-electron chi connectivity index (χ3n) is 4.75. The van der Waals surface area contributed by atoms with E-state index >= 15 is 0 Å². The molecular formula is C16H24FN3. The van der Waals surface area contributed by atoms with Crippen LogP contribution < -0.4 is 5.32 Å². The van der Waals surface area contributed by atoms with Crippen molar-refractivity contribution in [3.05, 3.63) is 29.8 Å². The van der Waals surface area contributed by atoms with Crippen LogP contribution in [0.4, 0.5) is 4.39 Å². The summed E-state index contributed by atoms with van der Waals surface area (Å²) in [7, 11) is 0. The van der Waals surface area contributed by atoms with E-state index in [-0.39, 0.29) is 12.0 Å². The fourth-order valence-corrected chi connectivity index (χ4v) is 3.78. The van der Waals surface area contributed by atoms with E-state index in [2.05, 4.69) is 15.2 Å². The monoisotopic (exact) mass is 277 g/mol. The molecule has 3 nitrogen and oxygen atoms in total. The molecule has 0 bridgehead atoms. The van der Waals surface area contributed by atoms with Gasteiger partial charge in [0.1, 0.15) is 0 Å². The number of rotatable bonds is 3. The van der Waals surface area contributed by atoms with Crippen LogP contribution in [0.2, 0.25) is 0 Å². The van der Waals surface area contributed by atoms with Crippen molar-refractivity contribution in [1.82, 2.24) is 15.2 Å². The van der Waals surface area contributed by atoms with Crippen LogP contribution in [0.5, 0.6) is 0 Å². The SMILES string of the molecule is Fc1ncccc1[C@@H](C1CCCCC1)N1CCNCC1. The van der Waals surface area contributed by atoms with Gasteiger partial charge in [-0.15, -0.1) is 0 Å². The zero-order chi connectivity index (χ0) is 13.8. The van der Waals surface area contributed by atoms with E-state index in [0.717, 1.165) is 31.7 Å². The lowest BCUT2D eigenvalue weighted by Crippen LogP contribution is -2.47. The Bertz CT molecular complexity index is 407. The van der Waals surface area contributed by atoms with E-state index in [9.17, 15) is 4.39 Å². The summed E-state index contributed by atoms with van der Waals surface area (Å²) in [6, 6.07) is 4.02. The number of hydrogen-bond donors (Lipinski definition) is 1. The fourth-order valence-electron chi connectivity index (χ4n) is 3.78. The minimum absolute atomic E-state index is 0.214. The summed E-state index contributed by atoms with van der Waals surface area (Å²) < 4.78 is 14.2. The molecule has 1 saturated heterocycles. The summed E-state index contributed by atoms with van der Waals surface area (Å²) >= 11 is 0. The lowest BCUT2D eigenvalue weighted by atomic mass is 9.80. The highest BCUT2D eigenvalue weighted by molar-refractivity contribution is 5.17. The van der Waals surface area contributed by atoms with Gasteiger partial charge in [0.05, 0.1) is 0 Å². The molecule has 0 aromatic carbocycles. The van der Waals surface area contributed by atoms with Crippen LogP contribution in [0.15, 0.2) is 18.3 Å². The molecule has 1 N–H and O–H groups in total. The smallest absolute Gasteiger partial charge is 0.217 e. The van der Waals surface area contributed by atoms with Gasteiger partial charge in [-0.25, -0.2) is 4.98 Å². The summed E-state index contributed by atoms with van der Waals surface area (Å²) in [5.41, 5.74) is 0.807. The summed E-state index contributed by atoms with van der Waals surface area (Å²) in [5, 5.41) is 3.39. The zero-order valence-corrected chi connectivity index (χ0v) is 12.0. The maximum Gasteiger partial charge on any atom is 0.217 e. The Balaban J connectivity index is 1.87. The van der Waals surface area contributed by atoms with Crippen molar-refractivity contribution in [2.75, 3.05) is 26.2 Å². The third kappa shape index (κ3) is 3.01. The Morgan fingerprint density at radius 1 is 1.20 bits per heavy atom. The largest absolute Gasteiger partial charge is 0.314 e. The Hall–Kier alpha value is -1.00. The molecule has 1 aliphatic heterocycles. The topological polar surface area (TPSA) is 28.2 Å². The van der Waals surface area contributed by atoms with Crippen molar-refractivity contribution >= 4 is 0 Å². The number of nitrogens with zero attached hydrogens (tertiary/aromatic N) is 2. The van der Waals surface area contributed by atoms with Crippen molar-refractivity contribution in [2.24, 2.45) is 5.92 Å². The lowest BCUT2D eigenvalue weighted by molar-refractivity contribution is 0.0999. The van der Waals surface area contributed by atoms with Crippen molar-refractivity contribution < 1.29 is 4.39 Å². The van der Waals surface area contributed by atoms with Gasteiger partial charge in [-0.3, -0.25) is 4.90 Å². The van der Waals surface area contributed by atoms with E-state index in [1.165, 1.54) is 32.1 Å². The van der Waals surface area contributed by atoms with E-state index in [0.29, 0.717) is 5.92 Å². The van der Waals surface area contributed by atoms with Crippen LogP contribution in [-0.2, 0) is 0 Å². The number of pyridine rings is 1. The Morgan fingerprint density at radius 3 is 2.65 bits per heavy atom. The highest BCUT2D eigenvalue weighted by atomic mass is 19.1. The van der Waals surface area contributed by atoms with Crippen molar-refractivity contribution in [1.29, 1.82) is 0 Å². The predicted octanol–water partition coefficient (Wildman–Crippen LogP) is 2.75. The van der Waals surface area contributed by atoms with Gasteiger partial charge in [-0.05, 0) is 24.8 Å². The number of hydrogen-bond acceptors (Lipinski definition) is 3. The van der Waals surface area contributed by atoms with Crippen LogP contribution >= 0.6 is 0 Å². The Morgan fingerprint density at radius 2 is 1.95 bits per heavy atom. The lowest BCUT2D eigenvalue weighted by Gasteiger charge is -2.41. The molecule has 2 fully saturated rings. The van der Waals surface area contributed by atoms with Crippen LogP contribution in [0.1, 0.15) is 43.7 Å². The van der Waals surface area contributed by atoms with Gasteiger partial charge in [0, 0.05) is 44.0 Å². The first-order chi connectivity index (χ1) is 9.86. The molecule has 1 aromatic rings. The fraction of sp³-hybridized carbons (Fsp3) is 0.688. The molecule has 4 heteroatoms. The molecule has 0 unspecified atom stereocenters. The van der Waals surface area contributed by atoms with E-state index in [1.54, 1.807) is 6.20 Å². The second-order valence-electron chi connectivity index (χ2n) is 6.01. The molecule has 20 heavy (non-hydrogen) atoms. The maximum absolute atomic E-state index is 14.2. The summed E-state index contributed by atoms with van der Waals surface area (Å²) in [5.74, 6) is 0.308. The molecule has 2 aliphatic rings. The van der Waals surface area contributed by atoms with Crippen LogP contribution in [0.3, 0.4) is 0 Å². The van der Waals surface area contributed by atoms with Gasteiger partial charge < -0.3 is 5.32 Å². The molecule has 1 atom stereocenters. The van der Waals surface area contributed by atoms with Gasteiger partial charge in [0.25, 0.3) is 0 Å². The predicted molar refractivity (Wildman–Crippen MR) is 78.0 cm³/mol.